The van der Waals surface area contributed by atoms with Gasteiger partial charge in [0.25, 0.3) is 0 Å². The van der Waals surface area contributed by atoms with Crippen LogP contribution >= 0.6 is 22.9 Å². The smallest absolute Gasteiger partial charge is 0.239 e. The molecule has 0 radical (unpaired) electrons. The number of nitrogens with two attached hydrogens (primary N) is 1. The minimum absolute atomic E-state index is 0.0369. The van der Waals surface area contributed by atoms with Crippen LogP contribution < -0.4 is 16.0 Å². The fourth-order valence-corrected chi connectivity index (χ4v) is 3.66. The molecule has 2 aromatic rings. The van der Waals surface area contributed by atoms with Gasteiger partial charge in [-0.05, 0) is 24.9 Å². The summed E-state index contributed by atoms with van der Waals surface area (Å²) in [5.41, 5.74) is 7.70. The molecule has 8 heteroatoms. The molecule has 0 saturated carbocycles. The molecule has 2 aromatic heterocycles. The lowest BCUT2D eigenvalue weighted by Gasteiger charge is -2.19. The van der Waals surface area contributed by atoms with Gasteiger partial charge in [-0.25, -0.2) is 4.98 Å². The Hall–Kier alpha value is -1.67. The SMILES string of the molecule is Cc1nc(-c2c(N)nsc2N2CCCNC(=O)C2)cs1. The molecule has 0 spiro atoms. The summed E-state index contributed by atoms with van der Waals surface area (Å²) in [6.07, 6.45) is 0.916. The number of nitrogens with one attached hydrogen (secondary N) is 1. The van der Waals surface area contributed by atoms with E-state index in [1.165, 1.54) is 11.5 Å². The number of hydrogen-bond donors (Lipinski definition) is 2. The van der Waals surface area contributed by atoms with Gasteiger partial charge < -0.3 is 16.0 Å². The quantitative estimate of drug-likeness (QED) is 0.878. The predicted molar refractivity (Wildman–Crippen MR) is 82.2 cm³/mol. The zero-order chi connectivity index (χ0) is 14.1. The van der Waals surface area contributed by atoms with Crippen LogP contribution in [-0.4, -0.2) is 34.9 Å². The van der Waals surface area contributed by atoms with Gasteiger partial charge in [-0.15, -0.1) is 11.3 Å². The van der Waals surface area contributed by atoms with Crippen LogP contribution in [0.4, 0.5) is 10.8 Å². The Morgan fingerprint density at radius 2 is 2.35 bits per heavy atom. The summed E-state index contributed by atoms with van der Waals surface area (Å²) in [5.74, 6) is 0.523. The lowest BCUT2D eigenvalue weighted by Crippen LogP contribution is -2.32. The normalized spacial score (nSPS) is 16.1. The molecular weight excluding hydrogens is 294 g/mol. The standard InChI is InChI=1S/C12H15N5OS2/c1-7-15-8(6-19-7)10-11(13)16-20-12(10)17-4-2-3-14-9(18)5-17/h6H,2-5H2,1H3,(H2,13,16)(H,14,18). The second-order valence-corrected chi connectivity index (χ2v) is 6.44. The first kappa shape index (κ1) is 13.3. The Morgan fingerprint density at radius 3 is 3.10 bits per heavy atom. The molecule has 3 heterocycles. The van der Waals surface area contributed by atoms with Crippen molar-refractivity contribution in [3.8, 4) is 11.3 Å². The van der Waals surface area contributed by atoms with Crippen molar-refractivity contribution in [1.29, 1.82) is 0 Å². The van der Waals surface area contributed by atoms with E-state index in [1.54, 1.807) is 11.3 Å². The molecule has 0 bridgehead atoms. The molecule has 106 valence electrons. The molecular formula is C12H15N5OS2. The summed E-state index contributed by atoms with van der Waals surface area (Å²) in [6.45, 7) is 3.84. The minimum Gasteiger partial charge on any atom is -0.382 e. The van der Waals surface area contributed by atoms with E-state index >= 15 is 0 Å². The second-order valence-electron chi connectivity index (χ2n) is 4.62. The van der Waals surface area contributed by atoms with Gasteiger partial charge in [-0.2, -0.15) is 4.37 Å². The Balaban J connectivity index is 1.99. The van der Waals surface area contributed by atoms with Crippen molar-refractivity contribution in [2.75, 3.05) is 30.3 Å². The number of nitrogens with zero attached hydrogens (tertiary/aromatic N) is 3. The van der Waals surface area contributed by atoms with Gasteiger partial charge in [0.05, 0.1) is 22.8 Å². The molecule has 1 aliphatic heterocycles. The molecule has 20 heavy (non-hydrogen) atoms. The molecule has 0 aliphatic carbocycles. The van der Waals surface area contributed by atoms with Gasteiger partial charge in [0.1, 0.15) is 10.8 Å². The van der Waals surface area contributed by atoms with Crippen LogP contribution in [0.1, 0.15) is 11.4 Å². The predicted octanol–water partition coefficient (Wildman–Crippen LogP) is 1.48. The number of thiazole rings is 1. The van der Waals surface area contributed by atoms with Crippen molar-refractivity contribution < 1.29 is 4.79 Å². The summed E-state index contributed by atoms with van der Waals surface area (Å²) in [6, 6.07) is 0. The third-order valence-electron chi connectivity index (χ3n) is 3.12. The monoisotopic (exact) mass is 309 g/mol. The van der Waals surface area contributed by atoms with E-state index in [0.717, 1.165) is 40.8 Å². The van der Waals surface area contributed by atoms with Crippen molar-refractivity contribution in [2.24, 2.45) is 0 Å². The van der Waals surface area contributed by atoms with Gasteiger partial charge in [-0.3, -0.25) is 4.79 Å². The number of hydrogen-bond acceptors (Lipinski definition) is 7. The number of carbonyl (C=O) groups excluding carboxylic acids is 1. The highest BCUT2D eigenvalue weighted by Crippen LogP contribution is 2.39. The van der Waals surface area contributed by atoms with Crippen LogP contribution in [0.5, 0.6) is 0 Å². The zero-order valence-corrected chi connectivity index (χ0v) is 12.7. The van der Waals surface area contributed by atoms with Crippen LogP contribution in [0.15, 0.2) is 5.38 Å². The number of nitrogen functional groups attached to an aromatic ring is 1. The molecule has 1 amide bonds. The number of aryl methyl sites for hydroxylation is 1. The first-order valence-electron chi connectivity index (χ1n) is 6.34. The average molecular weight is 309 g/mol. The van der Waals surface area contributed by atoms with Gasteiger partial charge in [0, 0.05) is 18.5 Å². The number of carbonyl (C=O) groups is 1. The summed E-state index contributed by atoms with van der Waals surface area (Å²) in [7, 11) is 0. The third kappa shape index (κ3) is 2.48. The van der Waals surface area contributed by atoms with Gasteiger partial charge >= 0.3 is 0 Å². The average Bonchev–Trinajstić information content (AvgIpc) is 2.92. The molecule has 1 saturated heterocycles. The molecule has 3 rings (SSSR count). The summed E-state index contributed by atoms with van der Waals surface area (Å²) in [4.78, 5) is 18.2. The van der Waals surface area contributed by atoms with Crippen molar-refractivity contribution in [2.45, 2.75) is 13.3 Å². The maximum Gasteiger partial charge on any atom is 0.239 e. The van der Waals surface area contributed by atoms with Gasteiger partial charge in [-0.1, -0.05) is 0 Å². The highest BCUT2D eigenvalue weighted by molar-refractivity contribution is 7.11. The van der Waals surface area contributed by atoms with Crippen LogP contribution in [-0.2, 0) is 4.79 Å². The maximum atomic E-state index is 11.7. The van der Waals surface area contributed by atoms with E-state index in [-0.39, 0.29) is 5.91 Å². The van der Waals surface area contributed by atoms with E-state index in [4.69, 9.17) is 5.73 Å². The van der Waals surface area contributed by atoms with Gasteiger partial charge in [0.2, 0.25) is 5.91 Å². The summed E-state index contributed by atoms with van der Waals surface area (Å²) < 4.78 is 4.24. The van der Waals surface area contributed by atoms with E-state index in [9.17, 15) is 4.79 Å². The number of aromatic nitrogens is 2. The van der Waals surface area contributed by atoms with Crippen molar-refractivity contribution in [3.63, 3.8) is 0 Å². The van der Waals surface area contributed by atoms with Crippen molar-refractivity contribution in [1.82, 2.24) is 14.7 Å². The Kier molecular flexibility index (Phi) is 3.58. The molecule has 1 aliphatic rings. The lowest BCUT2D eigenvalue weighted by atomic mass is 10.2. The van der Waals surface area contributed by atoms with E-state index in [0.29, 0.717) is 12.4 Å². The van der Waals surface area contributed by atoms with Gasteiger partial charge in [0.15, 0.2) is 0 Å². The number of rotatable bonds is 2. The zero-order valence-electron chi connectivity index (χ0n) is 11.0. The Bertz CT molecular complexity index is 636. The molecule has 3 N–H and O–H groups in total. The van der Waals surface area contributed by atoms with E-state index in [2.05, 4.69) is 14.7 Å². The van der Waals surface area contributed by atoms with Crippen LogP contribution in [0.25, 0.3) is 11.3 Å². The van der Waals surface area contributed by atoms with Crippen molar-refractivity contribution in [3.05, 3.63) is 10.4 Å². The molecule has 0 unspecified atom stereocenters. The van der Waals surface area contributed by atoms with E-state index < -0.39 is 0 Å². The third-order valence-corrected chi connectivity index (χ3v) is 4.82. The molecule has 0 atom stereocenters. The topological polar surface area (TPSA) is 84.1 Å². The van der Waals surface area contributed by atoms with E-state index in [1.807, 2.05) is 17.2 Å². The van der Waals surface area contributed by atoms with Crippen LogP contribution in [0, 0.1) is 6.92 Å². The fourth-order valence-electron chi connectivity index (χ4n) is 2.21. The maximum absolute atomic E-state index is 11.7. The number of amides is 1. The highest BCUT2D eigenvalue weighted by Gasteiger charge is 2.23. The number of anilines is 2. The second kappa shape index (κ2) is 5.37. The lowest BCUT2D eigenvalue weighted by molar-refractivity contribution is -0.119. The Labute approximate surface area is 124 Å². The molecule has 1 fully saturated rings. The van der Waals surface area contributed by atoms with Crippen molar-refractivity contribution >= 4 is 39.6 Å². The first-order chi connectivity index (χ1) is 9.65. The summed E-state index contributed by atoms with van der Waals surface area (Å²) >= 11 is 2.92. The Morgan fingerprint density at radius 1 is 1.50 bits per heavy atom. The van der Waals surface area contributed by atoms with Crippen LogP contribution in [0.2, 0.25) is 0 Å². The largest absolute Gasteiger partial charge is 0.382 e. The van der Waals surface area contributed by atoms with Crippen LogP contribution in [0.3, 0.4) is 0 Å². The molecule has 0 aromatic carbocycles. The summed E-state index contributed by atoms with van der Waals surface area (Å²) in [5, 5.41) is 6.78. The fraction of sp³-hybridized carbons (Fsp3) is 0.417. The molecule has 6 nitrogen and oxygen atoms in total. The first-order valence-corrected chi connectivity index (χ1v) is 8.00. The highest BCUT2D eigenvalue weighted by atomic mass is 32.1. The minimum atomic E-state index is 0.0369.